The van der Waals surface area contributed by atoms with Crippen molar-refractivity contribution in [1.29, 1.82) is 0 Å². The van der Waals surface area contributed by atoms with Crippen LogP contribution in [0.25, 0.3) is 0 Å². The van der Waals surface area contributed by atoms with Gasteiger partial charge in [0.15, 0.2) is 0 Å². The molecule has 1 aliphatic rings. The van der Waals surface area contributed by atoms with Crippen molar-refractivity contribution in [3.8, 4) is 0 Å². The number of hydrogen-bond acceptors (Lipinski definition) is 2. The molecule has 1 fully saturated rings. The number of benzene rings is 1. The Bertz CT molecular complexity index is 372. The molecule has 1 saturated carbocycles. The highest BCUT2D eigenvalue weighted by Gasteiger charge is 2.17. The van der Waals surface area contributed by atoms with Gasteiger partial charge in [-0.15, -0.1) is 0 Å². The van der Waals surface area contributed by atoms with Gasteiger partial charge in [0.05, 0.1) is 0 Å². The van der Waals surface area contributed by atoms with Crippen LogP contribution in [0, 0.1) is 11.7 Å². The van der Waals surface area contributed by atoms with Gasteiger partial charge in [0.25, 0.3) is 0 Å². The summed E-state index contributed by atoms with van der Waals surface area (Å²) in [6, 6.07) is 4.95. The molecule has 94 valence electrons. The van der Waals surface area contributed by atoms with Crippen LogP contribution in [0.2, 0.25) is 0 Å². The second kappa shape index (κ2) is 5.50. The molecule has 3 heteroatoms. The van der Waals surface area contributed by atoms with Gasteiger partial charge in [-0.2, -0.15) is 0 Å². The fourth-order valence-corrected chi connectivity index (χ4v) is 2.68. The minimum atomic E-state index is -0.191. The van der Waals surface area contributed by atoms with Crippen LogP contribution >= 0.6 is 0 Å². The Morgan fingerprint density at radius 2 is 2.06 bits per heavy atom. The standard InChI is InChI=1S/C14H21FN2/c1-17(9-11-4-2-3-5-11)10-12-6-7-13(16)8-14(12)15/h6-8,11H,2-5,9-10,16H2,1H3. The van der Waals surface area contributed by atoms with Gasteiger partial charge < -0.3 is 10.6 Å². The minimum Gasteiger partial charge on any atom is -0.399 e. The molecule has 0 heterocycles. The molecular weight excluding hydrogens is 215 g/mol. The summed E-state index contributed by atoms with van der Waals surface area (Å²) in [5, 5.41) is 0. The molecule has 0 amide bonds. The lowest BCUT2D eigenvalue weighted by atomic mass is 10.1. The summed E-state index contributed by atoms with van der Waals surface area (Å²) >= 11 is 0. The van der Waals surface area contributed by atoms with Gasteiger partial charge in [0, 0.05) is 24.3 Å². The Hall–Kier alpha value is -1.09. The van der Waals surface area contributed by atoms with Gasteiger partial charge in [-0.1, -0.05) is 18.9 Å². The van der Waals surface area contributed by atoms with E-state index in [0.29, 0.717) is 12.2 Å². The molecular formula is C14H21FN2. The van der Waals surface area contributed by atoms with Gasteiger partial charge in [-0.05, 0) is 37.9 Å². The van der Waals surface area contributed by atoms with Crippen molar-refractivity contribution in [3.05, 3.63) is 29.6 Å². The van der Waals surface area contributed by atoms with Crippen molar-refractivity contribution in [2.45, 2.75) is 32.2 Å². The molecule has 0 aromatic heterocycles. The fourth-order valence-electron chi connectivity index (χ4n) is 2.68. The van der Waals surface area contributed by atoms with Gasteiger partial charge >= 0.3 is 0 Å². The molecule has 0 aliphatic heterocycles. The molecule has 1 aromatic rings. The van der Waals surface area contributed by atoms with E-state index in [1.165, 1.54) is 31.7 Å². The Labute approximate surface area is 103 Å². The Morgan fingerprint density at radius 1 is 1.35 bits per heavy atom. The van der Waals surface area contributed by atoms with E-state index in [0.717, 1.165) is 18.0 Å². The molecule has 0 atom stereocenters. The summed E-state index contributed by atoms with van der Waals surface area (Å²) in [6.45, 7) is 1.74. The van der Waals surface area contributed by atoms with E-state index in [-0.39, 0.29) is 5.82 Å². The molecule has 2 rings (SSSR count). The van der Waals surface area contributed by atoms with Crippen LogP contribution < -0.4 is 5.73 Å². The van der Waals surface area contributed by atoms with Gasteiger partial charge in [0.1, 0.15) is 5.82 Å². The molecule has 0 bridgehead atoms. The monoisotopic (exact) mass is 236 g/mol. The van der Waals surface area contributed by atoms with Crippen LogP contribution in [0.1, 0.15) is 31.2 Å². The van der Waals surface area contributed by atoms with Crippen LogP contribution in [0.5, 0.6) is 0 Å². The highest BCUT2D eigenvalue weighted by Crippen LogP contribution is 2.25. The van der Waals surface area contributed by atoms with Crippen molar-refractivity contribution in [3.63, 3.8) is 0 Å². The second-order valence-corrected chi connectivity index (χ2v) is 5.20. The topological polar surface area (TPSA) is 29.3 Å². The van der Waals surface area contributed by atoms with Crippen LogP contribution in [-0.2, 0) is 6.54 Å². The van der Waals surface area contributed by atoms with Crippen molar-refractivity contribution < 1.29 is 4.39 Å². The summed E-state index contributed by atoms with van der Waals surface area (Å²) in [5.74, 6) is 0.611. The molecule has 0 radical (unpaired) electrons. The minimum absolute atomic E-state index is 0.191. The second-order valence-electron chi connectivity index (χ2n) is 5.20. The number of halogens is 1. The van der Waals surface area contributed by atoms with Gasteiger partial charge in [-0.25, -0.2) is 4.39 Å². The number of nitrogens with zero attached hydrogens (tertiary/aromatic N) is 1. The predicted octanol–water partition coefficient (Wildman–Crippen LogP) is 3.03. The lowest BCUT2D eigenvalue weighted by molar-refractivity contribution is 0.268. The molecule has 2 N–H and O–H groups in total. The van der Waals surface area contributed by atoms with Crippen molar-refractivity contribution in [2.24, 2.45) is 5.92 Å². The van der Waals surface area contributed by atoms with E-state index in [4.69, 9.17) is 5.73 Å². The first-order chi connectivity index (χ1) is 8.15. The van der Waals surface area contributed by atoms with Crippen LogP contribution in [0.15, 0.2) is 18.2 Å². The highest BCUT2D eigenvalue weighted by atomic mass is 19.1. The van der Waals surface area contributed by atoms with E-state index in [1.54, 1.807) is 12.1 Å². The van der Waals surface area contributed by atoms with Crippen LogP contribution in [-0.4, -0.2) is 18.5 Å². The Morgan fingerprint density at radius 3 is 2.71 bits per heavy atom. The number of nitrogens with two attached hydrogens (primary N) is 1. The molecule has 17 heavy (non-hydrogen) atoms. The zero-order valence-electron chi connectivity index (χ0n) is 10.5. The molecule has 0 spiro atoms. The maximum atomic E-state index is 13.6. The smallest absolute Gasteiger partial charge is 0.129 e. The first-order valence-corrected chi connectivity index (χ1v) is 6.37. The zero-order chi connectivity index (χ0) is 12.3. The number of nitrogen functional groups attached to an aromatic ring is 1. The summed E-state index contributed by atoms with van der Waals surface area (Å²) in [6.07, 6.45) is 5.37. The third kappa shape index (κ3) is 3.43. The summed E-state index contributed by atoms with van der Waals surface area (Å²) in [5.41, 5.74) is 6.76. The SMILES string of the molecule is CN(Cc1ccc(N)cc1F)CC1CCCC1. The van der Waals surface area contributed by atoms with Crippen molar-refractivity contribution in [1.82, 2.24) is 4.90 Å². The first-order valence-electron chi connectivity index (χ1n) is 6.37. The quantitative estimate of drug-likeness (QED) is 0.814. The Kier molecular flexibility index (Phi) is 4.00. The molecule has 1 aliphatic carbocycles. The number of anilines is 1. The third-order valence-electron chi connectivity index (χ3n) is 3.56. The zero-order valence-corrected chi connectivity index (χ0v) is 10.5. The lowest BCUT2D eigenvalue weighted by Crippen LogP contribution is -2.24. The van der Waals surface area contributed by atoms with E-state index in [1.807, 2.05) is 0 Å². The summed E-state index contributed by atoms with van der Waals surface area (Å²) in [7, 11) is 2.06. The maximum Gasteiger partial charge on any atom is 0.129 e. The van der Waals surface area contributed by atoms with E-state index < -0.39 is 0 Å². The number of hydrogen-bond donors (Lipinski definition) is 1. The Balaban J connectivity index is 1.90. The third-order valence-corrected chi connectivity index (χ3v) is 3.56. The fraction of sp³-hybridized carbons (Fsp3) is 0.571. The molecule has 1 aromatic carbocycles. The number of rotatable bonds is 4. The molecule has 0 saturated heterocycles. The first kappa shape index (κ1) is 12.4. The average Bonchev–Trinajstić information content (AvgIpc) is 2.75. The lowest BCUT2D eigenvalue weighted by Gasteiger charge is -2.21. The summed E-state index contributed by atoms with van der Waals surface area (Å²) in [4.78, 5) is 2.21. The average molecular weight is 236 g/mol. The van der Waals surface area contributed by atoms with E-state index >= 15 is 0 Å². The molecule has 0 unspecified atom stereocenters. The molecule has 2 nitrogen and oxygen atoms in total. The summed E-state index contributed by atoms with van der Waals surface area (Å²) < 4.78 is 13.6. The largest absolute Gasteiger partial charge is 0.399 e. The maximum absolute atomic E-state index is 13.6. The normalized spacial score (nSPS) is 16.9. The highest BCUT2D eigenvalue weighted by molar-refractivity contribution is 5.40. The van der Waals surface area contributed by atoms with Crippen LogP contribution in [0.4, 0.5) is 10.1 Å². The van der Waals surface area contributed by atoms with Crippen molar-refractivity contribution in [2.75, 3.05) is 19.3 Å². The van der Waals surface area contributed by atoms with E-state index in [2.05, 4.69) is 11.9 Å². The van der Waals surface area contributed by atoms with Gasteiger partial charge in [-0.3, -0.25) is 0 Å². The van der Waals surface area contributed by atoms with Crippen LogP contribution in [0.3, 0.4) is 0 Å². The van der Waals surface area contributed by atoms with E-state index in [9.17, 15) is 4.39 Å². The predicted molar refractivity (Wildman–Crippen MR) is 69.1 cm³/mol. The van der Waals surface area contributed by atoms with Gasteiger partial charge in [0.2, 0.25) is 0 Å². The van der Waals surface area contributed by atoms with Crippen molar-refractivity contribution >= 4 is 5.69 Å².